The number of nitrogens with one attached hydrogen (secondary N) is 1. The molecular weight excluding hydrogens is 394 g/mol. The first-order chi connectivity index (χ1) is 13.6. The minimum Gasteiger partial charge on any atom is -0.451 e. The number of aryl methyl sites for hydroxylation is 1. The Hall–Kier alpha value is -2.71. The van der Waals surface area contributed by atoms with Crippen LogP contribution in [0.5, 0.6) is 0 Å². The molecule has 1 aromatic carbocycles. The Balaban J connectivity index is 1.43. The smallest absolute Gasteiger partial charge is 0.350 e. The van der Waals surface area contributed by atoms with Crippen LogP contribution in [-0.2, 0) is 9.53 Å². The molecular formula is C20H19N3O3S2. The number of rotatable bonds is 8. The van der Waals surface area contributed by atoms with E-state index in [-0.39, 0.29) is 12.5 Å². The second-order valence-corrected chi connectivity index (χ2v) is 7.90. The van der Waals surface area contributed by atoms with Crippen LogP contribution in [0.25, 0.3) is 10.7 Å². The Morgan fingerprint density at radius 1 is 1.14 bits per heavy atom. The minimum absolute atomic E-state index is 0.314. The molecule has 144 valence electrons. The zero-order chi connectivity index (χ0) is 19.8. The second-order valence-electron chi connectivity index (χ2n) is 5.74. The summed E-state index contributed by atoms with van der Waals surface area (Å²) in [5.74, 6) is -0.134. The fraction of sp³-hybridized carbons (Fsp3) is 0.200. The molecule has 0 radical (unpaired) electrons. The maximum absolute atomic E-state index is 12.3. The van der Waals surface area contributed by atoms with Crippen molar-refractivity contribution in [2.75, 3.05) is 18.9 Å². The van der Waals surface area contributed by atoms with Gasteiger partial charge in [0.05, 0.1) is 11.4 Å². The molecule has 2 aromatic heterocycles. The van der Waals surface area contributed by atoms with E-state index >= 15 is 0 Å². The molecule has 2 heterocycles. The Kier molecular flexibility index (Phi) is 7.16. The molecule has 3 aromatic rings. The average Bonchev–Trinajstić information content (AvgIpc) is 3.12. The maximum Gasteiger partial charge on any atom is 0.350 e. The van der Waals surface area contributed by atoms with E-state index in [4.69, 9.17) is 4.74 Å². The number of thiazole rings is 1. The van der Waals surface area contributed by atoms with Crippen LogP contribution in [0.15, 0.2) is 59.6 Å². The number of hydrogen-bond donors (Lipinski definition) is 1. The molecule has 1 N–H and O–H groups in total. The summed E-state index contributed by atoms with van der Waals surface area (Å²) in [4.78, 5) is 34.3. The number of nitrogens with zero attached hydrogens (tertiary/aromatic N) is 2. The van der Waals surface area contributed by atoms with Gasteiger partial charge < -0.3 is 10.1 Å². The molecule has 0 saturated carbocycles. The first-order valence-corrected chi connectivity index (χ1v) is 10.4. The molecule has 3 rings (SSSR count). The number of benzene rings is 1. The number of thioether (sulfide) groups is 1. The van der Waals surface area contributed by atoms with Crippen molar-refractivity contribution in [1.82, 2.24) is 15.3 Å². The topological polar surface area (TPSA) is 81.2 Å². The number of carbonyl (C=O) groups is 2. The van der Waals surface area contributed by atoms with E-state index in [1.165, 1.54) is 11.3 Å². The second kappa shape index (κ2) is 10.0. The van der Waals surface area contributed by atoms with E-state index in [1.54, 1.807) is 24.9 Å². The minimum atomic E-state index is -0.550. The molecule has 0 spiro atoms. The van der Waals surface area contributed by atoms with E-state index in [1.807, 2.05) is 48.5 Å². The van der Waals surface area contributed by atoms with E-state index in [2.05, 4.69) is 15.3 Å². The van der Waals surface area contributed by atoms with Gasteiger partial charge in [0, 0.05) is 23.4 Å². The highest BCUT2D eigenvalue weighted by molar-refractivity contribution is 7.99. The largest absolute Gasteiger partial charge is 0.451 e. The Bertz CT molecular complexity index is 930. The highest BCUT2D eigenvalue weighted by Crippen LogP contribution is 2.26. The molecule has 0 saturated heterocycles. The molecule has 1 amide bonds. The maximum atomic E-state index is 12.3. The molecule has 6 nitrogen and oxygen atoms in total. The van der Waals surface area contributed by atoms with Gasteiger partial charge >= 0.3 is 5.97 Å². The van der Waals surface area contributed by atoms with Gasteiger partial charge in [-0.25, -0.2) is 9.78 Å². The highest BCUT2D eigenvalue weighted by atomic mass is 32.2. The van der Waals surface area contributed by atoms with Crippen LogP contribution in [0.4, 0.5) is 0 Å². The summed E-state index contributed by atoms with van der Waals surface area (Å²) < 4.78 is 5.13. The molecule has 28 heavy (non-hydrogen) atoms. The standard InChI is InChI=1S/C20H19N3O3S2/c1-14-18(28-19(23-14)16-9-5-6-10-21-16)20(25)26-13-17(24)22-11-12-27-15-7-3-2-4-8-15/h2-10H,11-13H2,1H3,(H,22,24). The summed E-state index contributed by atoms with van der Waals surface area (Å²) in [7, 11) is 0. The zero-order valence-electron chi connectivity index (χ0n) is 15.3. The van der Waals surface area contributed by atoms with Crippen LogP contribution in [0, 0.1) is 6.92 Å². The van der Waals surface area contributed by atoms with Crippen LogP contribution in [0.2, 0.25) is 0 Å². The lowest BCUT2D eigenvalue weighted by molar-refractivity contribution is -0.124. The van der Waals surface area contributed by atoms with Gasteiger partial charge in [-0.05, 0) is 31.2 Å². The van der Waals surface area contributed by atoms with Gasteiger partial charge in [-0.1, -0.05) is 24.3 Å². The van der Waals surface area contributed by atoms with Crippen molar-refractivity contribution >= 4 is 35.0 Å². The van der Waals surface area contributed by atoms with Gasteiger partial charge in [-0.2, -0.15) is 0 Å². The fourth-order valence-corrected chi connectivity index (χ4v) is 4.03. The number of aromatic nitrogens is 2. The van der Waals surface area contributed by atoms with Crippen molar-refractivity contribution in [3.63, 3.8) is 0 Å². The Labute approximate surface area is 171 Å². The Morgan fingerprint density at radius 3 is 2.68 bits per heavy atom. The van der Waals surface area contributed by atoms with Gasteiger partial charge in [0.1, 0.15) is 9.88 Å². The number of hydrogen-bond acceptors (Lipinski definition) is 7. The Morgan fingerprint density at radius 2 is 1.93 bits per heavy atom. The zero-order valence-corrected chi connectivity index (χ0v) is 16.9. The van der Waals surface area contributed by atoms with Crippen LogP contribution < -0.4 is 5.32 Å². The van der Waals surface area contributed by atoms with Gasteiger partial charge in [-0.3, -0.25) is 9.78 Å². The van der Waals surface area contributed by atoms with Gasteiger partial charge in [0.25, 0.3) is 5.91 Å². The quantitative estimate of drug-likeness (QED) is 0.345. The number of ether oxygens (including phenoxy) is 1. The first kappa shape index (κ1) is 20.0. The van der Waals surface area contributed by atoms with E-state index in [0.717, 1.165) is 10.6 Å². The van der Waals surface area contributed by atoms with Crippen molar-refractivity contribution in [1.29, 1.82) is 0 Å². The average molecular weight is 414 g/mol. The van der Waals surface area contributed by atoms with E-state index < -0.39 is 5.97 Å². The number of esters is 1. The molecule has 0 atom stereocenters. The van der Waals surface area contributed by atoms with Crippen molar-refractivity contribution < 1.29 is 14.3 Å². The molecule has 0 fully saturated rings. The lowest BCUT2D eigenvalue weighted by Crippen LogP contribution is -2.30. The summed E-state index contributed by atoms with van der Waals surface area (Å²) in [6.07, 6.45) is 1.67. The molecule has 0 aliphatic carbocycles. The fourth-order valence-electron chi connectivity index (χ4n) is 2.31. The molecule has 0 aliphatic rings. The third kappa shape index (κ3) is 5.64. The molecule has 8 heteroatoms. The monoisotopic (exact) mass is 413 g/mol. The normalized spacial score (nSPS) is 10.5. The predicted molar refractivity (Wildman–Crippen MR) is 111 cm³/mol. The summed E-state index contributed by atoms with van der Waals surface area (Å²) in [6.45, 7) is 1.92. The third-order valence-electron chi connectivity index (χ3n) is 3.64. The van der Waals surface area contributed by atoms with Crippen molar-refractivity contribution in [3.8, 4) is 10.7 Å². The molecule has 0 bridgehead atoms. The van der Waals surface area contributed by atoms with Crippen molar-refractivity contribution in [3.05, 3.63) is 65.3 Å². The molecule has 0 aliphatic heterocycles. The predicted octanol–water partition coefficient (Wildman–Crippen LogP) is 3.58. The van der Waals surface area contributed by atoms with Crippen LogP contribution >= 0.6 is 23.1 Å². The SMILES string of the molecule is Cc1nc(-c2ccccn2)sc1C(=O)OCC(=O)NCCSc1ccccc1. The van der Waals surface area contributed by atoms with Gasteiger partial charge in [-0.15, -0.1) is 23.1 Å². The van der Waals surface area contributed by atoms with Gasteiger partial charge in [0.2, 0.25) is 0 Å². The van der Waals surface area contributed by atoms with E-state index in [9.17, 15) is 9.59 Å². The van der Waals surface area contributed by atoms with Crippen molar-refractivity contribution in [2.45, 2.75) is 11.8 Å². The first-order valence-electron chi connectivity index (χ1n) is 8.64. The third-order valence-corrected chi connectivity index (χ3v) is 5.81. The van der Waals surface area contributed by atoms with Crippen LogP contribution in [0.1, 0.15) is 15.4 Å². The highest BCUT2D eigenvalue weighted by Gasteiger charge is 2.19. The lowest BCUT2D eigenvalue weighted by atomic mass is 10.3. The number of pyridine rings is 1. The van der Waals surface area contributed by atoms with Crippen LogP contribution in [0.3, 0.4) is 0 Å². The summed E-state index contributed by atoms with van der Waals surface area (Å²) in [5, 5.41) is 3.39. The lowest BCUT2D eigenvalue weighted by Gasteiger charge is -2.06. The van der Waals surface area contributed by atoms with Crippen molar-refractivity contribution in [2.24, 2.45) is 0 Å². The number of carbonyl (C=O) groups excluding carboxylic acids is 2. The number of amides is 1. The summed E-state index contributed by atoms with van der Waals surface area (Å²) in [5.41, 5.74) is 1.26. The van der Waals surface area contributed by atoms with Crippen LogP contribution in [-0.4, -0.2) is 40.7 Å². The van der Waals surface area contributed by atoms with E-state index in [0.29, 0.717) is 27.8 Å². The summed E-state index contributed by atoms with van der Waals surface area (Å²) >= 11 is 2.86. The summed E-state index contributed by atoms with van der Waals surface area (Å²) in [6, 6.07) is 15.4. The molecule has 0 unspecified atom stereocenters. The van der Waals surface area contributed by atoms with Gasteiger partial charge in [0.15, 0.2) is 6.61 Å².